The van der Waals surface area contributed by atoms with Gasteiger partial charge in [0, 0.05) is 5.69 Å². The number of aromatic hydroxyl groups is 1. The van der Waals surface area contributed by atoms with Crippen molar-refractivity contribution >= 4 is 0 Å². The Kier molecular flexibility index (Phi) is 1.78. The van der Waals surface area contributed by atoms with E-state index >= 15 is 0 Å². The van der Waals surface area contributed by atoms with Gasteiger partial charge in [-0.3, -0.25) is 0 Å². The van der Waals surface area contributed by atoms with Crippen LogP contribution in [0.15, 0.2) is 24.8 Å². The fraction of sp³-hybridized carbons (Fsp3) is 0.143. The summed E-state index contributed by atoms with van der Waals surface area (Å²) >= 11 is 0. The Hall–Kier alpha value is -1.22. The largest absolute Gasteiger partial charge is 0.495 e. The van der Waals surface area contributed by atoms with Gasteiger partial charge in [-0.15, -0.1) is 6.58 Å². The van der Waals surface area contributed by atoms with Crippen LogP contribution in [0.5, 0.6) is 5.88 Å². The molecule has 0 saturated carbocycles. The van der Waals surface area contributed by atoms with Crippen molar-refractivity contribution < 1.29 is 5.11 Å². The number of hydrogen-bond acceptors (Lipinski definition) is 2. The van der Waals surface area contributed by atoms with E-state index < -0.39 is 0 Å². The van der Waals surface area contributed by atoms with Crippen LogP contribution in [-0.4, -0.2) is 10.1 Å². The van der Waals surface area contributed by atoms with Crippen molar-refractivity contribution in [2.24, 2.45) is 5.73 Å². The van der Waals surface area contributed by atoms with E-state index in [9.17, 15) is 0 Å². The van der Waals surface area contributed by atoms with Gasteiger partial charge >= 0.3 is 0 Å². The minimum Gasteiger partial charge on any atom is -0.495 e. The van der Waals surface area contributed by atoms with E-state index in [1.165, 1.54) is 0 Å². The molecule has 3 nitrogen and oxygen atoms in total. The minimum absolute atomic E-state index is 0.132. The van der Waals surface area contributed by atoms with E-state index in [0.29, 0.717) is 0 Å². The van der Waals surface area contributed by atoms with Crippen LogP contribution in [0.3, 0.4) is 0 Å². The van der Waals surface area contributed by atoms with E-state index in [1.807, 2.05) is 0 Å². The zero-order chi connectivity index (χ0) is 7.56. The summed E-state index contributed by atoms with van der Waals surface area (Å²) in [5.74, 6) is 0.132. The summed E-state index contributed by atoms with van der Waals surface area (Å²) in [6, 6.07) is 3.06. The summed E-state index contributed by atoms with van der Waals surface area (Å²) in [4.78, 5) is 2.69. The van der Waals surface area contributed by atoms with Gasteiger partial charge in [-0.25, -0.2) is 0 Å². The van der Waals surface area contributed by atoms with Crippen LogP contribution in [0.2, 0.25) is 0 Å². The molecule has 0 aromatic carbocycles. The highest BCUT2D eigenvalue weighted by molar-refractivity contribution is 5.21. The van der Waals surface area contributed by atoms with Gasteiger partial charge in [-0.05, 0) is 12.1 Å². The van der Waals surface area contributed by atoms with Crippen LogP contribution in [-0.2, 0) is 0 Å². The summed E-state index contributed by atoms with van der Waals surface area (Å²) in [7, 11) is 0. The first-order chi connectivity index (χ1) is 4.74. The van der Waals surface area contributed by atoms with Crippen molar-refractivity contribution in [3.05, 3.63) is 30.5 Å². The highest BCUT2D eigenvalue weighted by Crippen LogP contribution is 2.13. The molecule has 10 heavy (non-hydrogen) atoms. The molecule has 4 N–H and O–H groups in total. The maximum Gasteiger partial charge on any atom is 0.188 e. The summed E-state index contributed by atoms with van der Waals surface area (Å²) in [5, 5.41) is 8.85. The number of hydrogen-bond donors (Lipinski definition) is 3. The van der Waals surface area contributed by atoms with Crippen molar-refractivity contribution in [1.29, 1.82) is 0 Å². The van der Waals surface area contributed by atoms with Gasteiger partial charge in [-0.1, -0.05) is 6.08 Å². The molecule has 1 aromatic rings. The quantitative estimate of drug-likeness (QED) is 0.532. The Balaban J connectivity index is 2.84. The van der Waals surface area contributed by atoms with Gasteiger partial charge in [0.1, 0.15) is 0 Å². The fourth-order valence-corrected chi connectivity index (χ4v) is 0.721. The zero-order valence-electron chi connectivity index (χ0n) is 5.54. The molecule has 1 atom stereocenters. The van der Waals surface area contributed by atoms with Crippen molar-refractivity contribution in [2.45, 2.75) is 6.04 Å². The SMILES string of the molecule is C=CC(N)c1ccc(O)[nH]1. The first-order valence-electron chi connectivity index (χ1n) is 3.00. The van der Waals surface area contributed by atoms with E-state index in [0.717, 1.165) is 5.69 Å². The van der Waals surface area contributed by atoms with Crippen LogP contribution < -0.4 is 5.73 Å². The number of H-pyrrole nitrogens is 1. The Bertz CT molecular complexity index is 229. The third-order valence-corrected chi connectivity index (χ3v) is 1.31. The summed E-state index contributed by atoms with van der Waals surface area (Å²) in [5.41, 5.74) is 6.32. The van der Waals surface area contributed by atoms with Gasteiger partial charge in [0.2, 0.25) is 0 Å². The smallest absolute Gasteiger partial charge is 0.188 e. The number of rotatable bonds is 2. The van der Waals surface area contributed by atoms with Crippen molar-refractivity contribution in [1.82, 2.24) is 4.98 Å². The van der Waals surface area contributed by atoms with Crippen molar-refractivity contribution in [2.75, 3.05) is 0 Å². The summed E-state index contributed by atoms with van der Waals surface area (Å²) in [6.45, 7) is 3.52. The molecule has 0 amide bonds. The van der Waals surface area contributed by atoms with Crippen LogP contribution in [0.4, 0.5) is 0 Å². The molecule has 54 valence electrons. The third kappa shape index (κ3) is 1.19. The summed E-state index contributed by atoms with van der Waals surface area (Å²) in [6.07, 6.45) is 1.60. The molecular formula is C7H10N2O. The molecule has 0 saturated heterocycles. The standard InChI is InChI=1S/C7H10N2O/c1-2-5(8)6-3-4-7(10)9-6/h2-5,9-10H,1,8H2. The lowest BCUT2D eigenvalue weighted by atomic mass is 10.2. The molecule has 1 rings (SSSR count). The van der Waals surface area contributed by atoms with Crippen molar-refractivity contribution in [3.8, 4) is 5.88 Å². The first kappa shape index (κ1) is 6.89. The Morgan fingerprint density at radius 2 is 2.40 bits per heavy atom. The molecule has 1 heterocycles. The Morgan fingerprint density at radius 3 is 2.80 bits per heavy atom. The Labute approximate surface area is 59.2 Å². The molecule has 0 bridgehead atoms. The molecule has 3 heteroatoms. The summed E-state index contributed by atoms with van der Waals surface area (Å²) < 4.78 is 0. The van der Waals surface area contributed by atoms with Gasteiger partial charge in [0.25, 0.3) is 0 Å². The molecule has 0 aliphatic heterocycles. The number of nitrogens with one attached hydrogen (secondary N) is 1. The first-order valence-corrected chi connectivity index (χ1v) is 3.00. The number of aromatic amines is 1. The predicted molar refractivity (Wildman–Crippen MR) is 39.6 cm³/mol. The fourth-order valence-electron chi connectivity index (χ4n) is 0.721. The van der Waals surface area contributed by atoms with E-state index in [-0.39, 0.29) is 11.9 Å². The average molecular weight is 138 g/mol. The van der Waals surface area contributed by atoms with Crippen molar-refractivity contribution in [3.63, 3.8) is 0 Å². The molecular weight excluding hydrogens is 128 g/mol. The third-order valence-electron chi connectivity index (χ3n) is 1.31. The lowest BCUT2D eigenvalue weighted by Gasteiger charge is -2.00. The number of aromatic nitrogens is 1. The second-order valence-electron chi connectivity index (χ2n) is 2.06. The minimum atomic E-state index is -0.221. The van der Waals surface area contributed by atoms with Gasteiger partial charge < -0.3 is 15.8 Å². The monoisotopic (exact) mass is 138 g/mol. The lowest BCUT2D eigenvalue weighted by Crippen LogP contribution is -2.06. The maximum absolute atomic E-state index is 8.85. The zero-order valence-corrected chi connectivity index (χ0v) is 5.54. The lowest BCUT2D eigenvalue weighted by molar-refractivity contribution is 0.455. The van der Waals surface area contributed by atoms with Crippen LogP contribution >= 0.6 is 0 Å². The van der Waals surface area contributed by atoms with Crippen LogP contribution in [0.25, 0.3) is 0 Å². The normalized spacial score (nSPS) is 12.9. The highest BCUT2D eigenvalue weighted by atomic mass is 16.3. The molecule has 0 aliphatic carbocycles. The van der Waals surface area contributed by atoms with Gasteiger partial charge in [0.15, 0.2) is 5.88 Å². The molecule has 1 unspecified atom stereocenters. The van der Waals surface area contributed by atoms with Crippen LogP contribution in [0, 0.1) is 0 Å². The average Bonchev–Trinajstić information content (AvgIpc) is 2.34. The van der Waals surface area contributed by atoms with E-state index in [4.69, 9.17) is 10.8 Å². The predicted octanol–water partition coefficient (Wildman–Crippen LogP) is 0.906. The van der Waals surface area contributed by atoms with Gasteiger partial charge in [0.05, 0.1) is 6.04 Å². The molecule has 0 radical (unpaired) electrons. The molecule has 1 aromatic heterocycles. The second kappa shape index (κ2) is 2.58. The van der Waals surface area contributed by atoms with Gasteiger partial charge in [-0.2, -0.15) is 0 Å². The topological polar surface area (TPSA) is 62.0 Å². The van der Waals surface area contributed by atoms with Crippen LogP contribution in [0.1, 0.15) is 11.7 Å². The molecule has 0 aliphatic rings. The highest BCUT2D eigenvalue weighted by Gasteiger charge is 2.01. The maximum atomic E-state index is 8.85. The van der Waals surface area contributed by atoms with E-state index in [2.05, 4.69) is 11.6 Å². The molecule has 0 spiro atoms. The Morgan fingerprint density at radius 1 is 1.70 bits per heavy atom. The molecule has 0 fully saturated rings. The number of nitrogens with two attached hydrogens (primary N) is 1. The second-order valence-corrected chi connectivity index (χ2v) is 2.06. The van der Waals surface area contributed by atoms with E-state index in [1.54, 1.807) is 18.2 Å².